The number of amides is 1. The van der Waals surface area contributed by atoms with E-state index in [1.807, 2.05) is 25.1 Å². The summed E-state index contributed by atoms with van der Waals surface area (Å²) in [4.78, 5) is 12.3. The lowest BCUT2D eigenvalue weighted by Crippen LogP contribution is -2.49. The maximum absolute atomic E-state index is 12.3. The molecular formula is C16H24BrClN2O. The average molecular weight is 376 g/mol. The van der Waals surface area contributed by atoms with Crippen LogP contribution >= 0.6 is 28.3 Å². The van der Waals surface area contributed by atoms with Gasteiger partial charge in [-0.1, -0.05) is 31.7 Å². The van der Waals surface area contributed by atoms with E-state index in [4.69, 9.17) is 5.73 Å². The number of nitrogens with one attached hydrogen (secondary N) is 1. The Bertz CT molecular complexity index is 485. The molecule has 0 aliphatic heterocycles. The Morgan fingerprint density at radius 3 is 2.48 bits per heavy atom. The third kappa shape index (κ3) is 5.28. The van der Waals surface area contributed by atoms with E-state index in [2.05, 4.69) is 21.2 Å². The van der Waals surface area contributed by atoms with Crippen LogP contribution < -0.4 is 11.1 Å². The summed E-state index contributed by atoms with van der Waals surface area (Å²) in [6, 6.07) is 5.76. The minimum Gasteiger partial charge on any atom is -0.350 e. The van der Waals surface area contributed by atoms with Gasteiger partial charge in [0.15, 0.2) is 0 Å². The van der Waals surface area contributed by atoms with Gasteiger partial charge in [0.2, 0.25) is 0 Å². The molecule has 5 heteroatoms. The Morgan fingerprint density at radius 2 is 1.90 bits per heavy atom. The molecule has 3 N–H and O–H groups in total. The third-order valence-electron chi connectivity index (χ3n) is 4.07. The number of aryl methyl sites for hydroxylation is 1. The predicted molar refractivity (Wildman–Crippen MR) is 93.1 cm³/mol. The molecule has 2 rings (SSSR count). The lowest BCUT2D eigenvalue weighted by atomic mass is 9.91. The maximum atomic E-state index is 12.3. The number of hydrogen-bond donors (Lipinski definition) is 2. The van der Waals surface area contributed by atoms with E-state index >= 15 is 0 Å². The lowest BCUT2D eigenvalue weighted by molar-refractivity contribution is 0.0940. The van der Waals surface area contributed by atoms with Gasteiger partial charge in [0, 0.05) is 16.6 Å². The van der Waals surface area contributed by atoms with Gasteiger partial charge in [-0.15, -0.1) is 12.4 Å². The molecular weight excluding hydrogens is 352 g/mol. The Balaban J connectivity index is 0.00000220. The molecule has 1 saturated carbocycles. The first-order valence-corrected chi connectivity index (χ1v) is 8.13. The molecule has 0 spiro atoms. The van der Waals surface area contributed by atoms with Gasteiger partial charge in [0.05, 0.1) is 5.56 Å². The van der Waals surface area contributed by atoms with Crippen molar-refractivity contribution in [1.29, 1.82) is 0 Å². The quantitative estimate of drug-likeness (QED) is 0.786. The standard InChI is InChI=1S/C16H23BrN2O.ClH/c1-12-6-7-13(14(17)10-12)15(20)19-11-16(18)8-4-2-3-5-9-16;/h6-7,10H,2-5,8-9,11,18H2,1H3,(H,19,20);1H. The number of rotatable bonds is 3. The van der Waals surface area contributed by atoms with E-state index < -0.39 is 0 Å². The van der Waals surface area contributed by atoms with Crippen LogP contribution in [0.15, 0.2) is 22.7 Å². The number of carbonyl (C=O) groups is 1. The molecule has 1 amide bonds. The summed E-state index contributed by atoms with van der Waals surface area (Å²) in [7, 11) is 0. The topological polar surface area (TPSA) is 55.1 Å². The molecule has 1 aliphatic rings. The van der Waals surface area contributed by atoms with Gasteiger partial charge in [-0.05, 0) is 53.4 Å². The molecule has 3 nitrogen and oxygen atoms in total. The molecule has 1 aromatic rings. The highest BCUT2D eigenvalue weighted by atomic mass is 79.9. The van der Waals surface area contributed by atoms with Gasteiger partial charge in [0.1, 0.15) is 0 Å². The van der Waals surface area contributed by atoms with Crippen LogP contribution in [-0.4, -0.2) is 18.0 Å². The zero-order valence-corrected chi connectivity index (χ0v) is 14.9. The molecule has 0 unspecified atom stereocenters. The van der Waals surface area contributed by atoms with Crippen molar-refractivity contribution < 1.29 is 4.79 Å². The van der Waals surface area contributed by atoms with Gasteiger partial charge in [0.25, 0.3) is 5.91 Å². The van der Waals surface area contributed by atoms with Crippen LogP contribution in [0.2, 0.25) is 0 Å². The Kier molecular flexibility index (Phi) is 7.17. The molecule has 1 aromatic carbocycles. The first-order valence-electron chi connectivity index (χ1n) is 7.33. The first-order chi connectivity index (χ1) is 9.50. The zero-order valence-electron chi connectivity index (χ0n) is 12.5. The molecule has 0 saturated heterocycles. The number of nitrogens with two attached hydrogens (primary N) is 1. The summed E-state index contributed by atoms with van der Waals surface area (Å²) in [5.41, 5.74) is 7.99. The fraction of sp³-hybridized carbons (Fsp3) is 0.562. The summed E-state index contributed by atoms with van der Waals surface area (Å²) in [5, 5.41) is 3.00. The second-order valence-electron chi connectivity index (χ2n) is 5.94. The minimum atomic E-state index is -0.233. The molecule has 0 heterocycles. The van der Waals surface area contributed by atoms with Crippen molar-refractivity contribution in [2.24, 2.45) is 5.73 Å². The first kappa shape index (κ1) is 18.5. The van der Waals surface area contributed by atoms with Crippen molar-refractivity contribution in [3.05, 3.63) is 33.8 Å². The van der Waals surface area contributed by atoms with Crippen molar-refractivity contribution in [3.63, 3.8) is 0 Å². The van der Waals surface area contributed by atoms with Crippen LogP contribution in [0, 0.1) is 6.92 Å². The van der Waals surface area contributed by atoms with Crippen molar-refractivity contribution in [2.45, 2.75) is 51.0 Å². The fourth-order valence-electron chi connectivity index (χ4n) is 2.77. The normalized spacial score (nSPS) is 17.5. The Hall–Kier alpha value is -0.580. The van der Waals surface area contributed by atoms with Crippen LogP contribution in [0.4, 0.5) is 0 Å². The van der Waals surface area contributed by atoms with Crippen LogP contribution in [0.5, 0.6) is 0 Å². The van der Waals surface area contributed by atoms with Crippen LogP contribution in [0.1, 0.15) is 54.4 Å². The molecule has 1 aliphatic carbocycles. The maximum Gasteiger partial charge on any atom is 0.252 e. The number of benzene rings is 1. The van der Waals surface area contributed by atoms with Crippen molar-refractivity contribution in [1.82, 2.24) is 5.32 Å². The van der Waals surface area contributed by atoms with Gasteiger partial charge < -0.3 is 11.1 Å². The van der Waals surface area contributed by atoms with Gasteiger partial charge in [-0.2, -0.15) is 0 Å². The van der Waals surface area contributed by atoms with E-state index in [1.165, 1.54) is 25.7 Å². The molecule has 118 valence electrons. The molecule has 21 heavy (non-hydrogen) atoms. The smallest absolute Gasteiger partial charge is 0.252 e. The lowest BCUT2D eigenvalue weighted by Gasteiger charge is -2.28. The molecule has 0 atom stereocenters. The van der Waals surface area contributed by atoms with Gasteiger partial charge in [-0.3, -0.25) is 4.79 Å². The SMILES string of the molecule is Cc1ccc(C(=O)NCC2(N)CCCCCC2)c(Br)c1.Cl. The summed E-state index contributed by atoms with van der Waals surface area (Å²) in [6.07, 6.45) is 6.86. The van der Waals surface area contributed by atoms with E-state index in [0.29, 0.717) is 12.1 Å². The molecule has 0 bridgehead atoms. The number of hydrogen-bond acceptors (Lipinski definition) is 2. The van der Waals surface area contributed by atoms with E-state index in [0.717, 1.165) is 22.9 Å². The summed E-state index contributed by atoms with van der Waals surface area (Å²) in [5.74, 6) is -0.0500. The second kappa shape index (κ2) is 8.16. The van der Waals surface area contributed by atoms with Crippen molar-refractivity contribution in [3.8, 4) is 0 Å². The van der Waals surface area contributed by atoms with E-state index in [1.54, 1.807) is 0 Å². The van der Waals surface area contributed by atoms with Crippen LogP contribution in [0.3, 0.4) is 0 Å². The number of carbonyl (C=O) groups excluding carboxylic acids is 1. The van der Waals surface area contributed by atoms with Crippen molar-refractivity contribution >= 4 is 34.2 Å². The highest BCUT2D eigenvalue weighted by Crippen LogP contribution is 2.24. The predicted octanol–water partition coefficient (Wildman–Crippen LogP) is 3.96. The summed E-state index contributed by atoms with van der Waals surface area (Å²) < 4.78 is 0.835. The highest BCUT2D eigenvalue weighted by Gasteiger charge is 2.26. The monoisotopic (exact) mass is 374 g/mol. The second-order valence-corrected chi connectivity index (χ2v) is 6.80. The molecule has 0 radical (unpaired) electrons. The van der Waals surface area contributed by atoms with Crippen LogP contribution in [-0.2, 0) is 0 Å². The zero-order chi connectivity index (χ0) is 14.6. The van der Waals surface area contributed by atoms with Crippen LogP contribution in [0.25, 0.3) is 0 Å². The van der Waals surface area contributed by atoms with E-state index in [-0.39, 0.29) is 23.9 Å². The Morgan fingerprint density at radius 1 is 1.29 bits per heavy atom. The third-order valence-corrected chi connectivity index (χ3v) is 4.73. The van der Waals surface area contributed by atoms with Crippen molar-refractivity contribution in [2.75, 3.05) is 6.54 Å². The largest absolute Gasteiger partial charge is 0.350 e. The van der Waals surface area contributed by atoms with Gasteiger partial charge in [-0.25, -0.2) is 0 Å². The van der Waals surface area contributed by atoms with Gasteiger partial charge >= 0.3 is 0 Å². The van der Waals surface area contributed by atoms with E-state index in [9.17, 15) is 4.79 Å². The Labute approximate surface area is 141 Å². The minimum absolute atomic E-state index is 0. The molecule has 1 fully saturated rings. The summed E-state index contributed by atoms with van der Waals surface area (Å²) >= 11 is 3.45. The highest BCUT2D eigenvalue weighted by molar-refractivity contribution is 9.10. The number of halogens is 2. The fourth-order valence-corrected chi connectivity index (χ4v) is 3.44. The molecule has 0 aromatic heterocycles. The summed E-state index contributed by atoms with van der Waals surface area (Å²) in [6.45, 7) is 2.57. The average Bonchev–Trinajstić information content (AvgIpc) is 2.61.